The summed E-state index contributed by atoms with van der Waals surface area (Å²) in [6.07, 6.45) is 4.41. The number of rotatable bonds is 3. The summed E-state index contributed by atoms with van der Waals surface area (Å²) in [6, 6.07) is 13.8. The summed E-state index contributed by atoms with van der Waals surface area (Å²) in [5.41, 5.74) is 0. The molecule has 2 aromatic carbocycles. The molecule has 0 bridgehead atoms. The van der Waals surface area contributed by atoms with E-state index in [1.54, 1.807) is 10.4 Å². The van der Waals surface area contributed by atoms with E-state index in [2.05, 4.69) is 5.32 Å². The van der Waals surface area contributed by atoms with Crippen molar-refractivity contribution in [3.63, 3.8) is 0 Å². The maximum absolute atomic E-state index is 13.1. The molecule has 1 N–H and O–H groups in total. The first-order valence-electron chi connectivity index (χ1n) is 8.87. The lowest BCUT2D eigenvalue weighted by molar-refractivity contribution is 0.234. The molecule has 0 aliphatic carbocycles. The van der Waals surface area contributed by atoms with Crippen LogP contribution in [0.3, 0.4) is 0 Å². The number of piperidine rings is 1. The van der Waals surface area contributed by atoms with Gasteiger partial charge in [0.15, 0.2) is 0 Å². The smallest absolute Gasteiger partial charge is 0.243 e. The molecule has 0 spiro atoms. The molecular formula is C19H24N2O2S. The molecule has 24 heavy (non-hydrogen) atoms. The van der Waals surface area contributed by atoms with Gasteiger partial charge in [0.05, 0.1) is 4.90 Å². The molecular weight excluding hydrogens is 320 g/mol. The van der Waals surface area contributed by atoms with Crippen molar-refractivity contribution in [1.29, 1.82) is 0 Å². The fourth-order valence-electron chi connectivity index (χ4n) is 4.19. The van der Waals surface area contributed by atoms with Crippen molar-refractivity contribution in [1.82, 2.24) is 9.62 Å². The molecule has 128 valence electrons. The van der Waals surface area contributed by atoms with E-state index >= 15 is 0 Å². The maximum Gasteiger partial charge on any atom is 0.243 e. The van der Waals surface area contributed by atoms with E-state index in [1.165, 1.54) is 12.8 Å². The second-order valence-electron chi connectivity index (χ2n) is 6.92. The average molecular weight is 344 g/mol. The van der Waals surface area contributed by atoms with Gasteiger partial charge in [-0.15, -0.1) is 0 Å². The molecule has 2 aliphatic rings. The quantitative estimate of drug-likeness (QED) is 0.931. The van der Waals surface area contributed by atoms with Crippen LogP contribution in [0.15, 0.2) is 47.4 Å². The van der Waals surface area contributed by atoms with Gasteiger partial charge in [-0.3, -0.25) is 0 Å². The molecule has 2 heterocycles. The van der Waals surface area contributed by atoms with Gasteiger partial charge >= 0.3 is 0 Å². The zero-order valence-electron chi connectivity index (χ0n) is 13.8. The highest BCUT2D eigenvalue weighted by atomic mass is 32.2. The van der Waals surface area contributed by atoms with Crippen molar-refractivity contribution in [3.8, 4) is 0 Å². The molecule has 4 rings (SSSR count). The average Bonchev–Trinajstić information content (AvgIpc) is 3.16. The van der Waals surface area contributed by atoms with Crippen LogP contribution in [0.1, 0.15) is 25.7 Å². The van der Waals surface area contributed by atoms with Crippen LogP contribution in [0.25, 0.3) is 10.8 Å². The Bertz CT molecular complexity index is 815. The van der Waals surface area contributed by atoms with Gasteiger partial charge in [-0.25, -0.2) is 8.42 Å². The first-order valence-corrected chi connectivity index (χ1v) is 10.3. The topological polar surface area (TPSA) is 49.4 Å². The highest BCUT2D eigenvalue weighted by Crippen LogP contribution is 2.31. The molecule has 4 nitrogen and oxygen atoms in total. The van der Waals surface area contributed by atoms with Gasteiger partial charge in [0, 0.05) is 24.5 Å². The summed E-state index contributed by atoms with van der Waals surface area (Å²) >= 11 is 0. The van der Waals surface area contributed by atoms with E-state index in [0.29, 0.717) is 29.9 Å². The van der Waals surface area contributed by atoms with Gasteiger partial charge in [0.1, 0.15) is 0 Å². The van der Waals surface area contributed by atoms with Crippen molar-refractivity contribution in [2.45, 2.75) is 36.6 Å². The van der Waals surface area contributed by atoms with Crippen LogP contribution in [0, 0.1) is 5.92 Å². The monoisotopic (exact) mass is 344 g/mol. The van der Waals surface area contributed by atoms with Gasteiger partial charge < -0.3 is 5.32 Å². The van der Waals surface area contributed by atoms with E-state index in [0.717, 1.165) is 30.2 Å². The van der Waals surface area contributed by atoms with Crippen LogP contribution < -0.4 is 5.32 Å². The summed E-state index contributed by atoms with van der Waals surface area (Å²) in [4.78, 5) is 0.443. The van der Waals surface area contributed by atoms with E-state index in [4.69, 9.17) is 0 Å². The molecule has 2 aromatic rings. The van der Waals surface area contributed by atoms with Crippen LogP contribution >= 0.6 is 0 Å². The lowest BCUT2D eigenvalue weighted by Gasteiger charge is -2.34. The minimum absolute atomic E-state index is 0.443. The zero-order valence-corrected chi connectivity index (χ0v) is 14.6. The molecule has 0 amide bonds. The van der Waals surface area contributed by atoms with Gasteiger partial charge in [-0.2, -0.15) is 4.31 Å². The Kier molecular flexibility index (Phi) is 4.33. The van der Waals surface area contributed by atoms with E-state index in [1.807, 2.05) is 36.4 Å². The largest absolute Gasteiger partial charge is 0.314 e. The molecule has 2 aliphatic heterocycles. The van der Waals surface area contributed by atoms with Crippen LogP contribution in [-0.4, -0.2) is 38.4 Å². The zero-order chi connectivity index (χ0) is 16.6. The molecule has 1 atom stereocenters. The Labute approximate surface area is 143 Å². The number of hydrogen-bond donors (Lipinski definition) is 1. The third-order valence-electron chi connectivity index (χ3n) is 5.53. The predicted molar refractivity (Wildman–Crippen MR) is 96.5 cm³/mol. The Morgan fingerprint density at radius 1 is 0.958 bits per heavy atom. The minimum Gasteiger partial charge on any atom is -0.314 e. The van der Waals surface area contributed by atoms with Gasteiger partial charge in [0.25, 0.3) is 0 Å². The summed E-state index contributed by atoms with van der Waals surface area (Å²) in [5, 5.41) is 5.36. The Balaban J connectivity index is 1.57. The number of nitrogens with zero attached hydrogens (tertiary/aromatic N) is 1. The lowest BCUT2D eigenvalue weighted by Crippen LogP contribution is -2.43. The van der Waals surface area contributed by atoms with Crippen molar-refractivity contribution in [2.75, 3.05) is 19.6 Å². The maximum atomic E-state index is 13.1. The standard InChI is InChI=1S/C19H24N2O2S/c22-24(23,19-9-3-6-15-5-1-2-7-17(15)19)21-13-10-16(11-14-21)18-8-4-12-20-18/h1-3,5-7,9,16,18,20H,4,8,10-14H2. The fourth-order valence-corrected chi connectivity index (χ4v) is 5.88. The van der Waals surface area contributed by atoms with Gasteiger partial charge in [-0.05, 0) is 49.6 Å². The molecule has 5 heteroatoms. The lowest BCUT2D eigenvalue weighted by atomic mass is 9.89. The summed E-state index contributed by atoms with van der Waals surface area (Å²) in [5.74, 6) is 0.617. The second-order valence-corrected chi connectivity index (χ2v) is 8.83. The third kappa shape index (κ3) is 2.85. The Morgan fingerprint density at radius 3 is 2.46 bits per heavy atom. The minimum atomic E-state index is -3.42. The number of benzene rings is 2. The van der Waals surface area contributed by atoms with Gasteiger partial charge in [0.2, 0.25) is 10.0 Å². The summed E-state index contributed by atoms with van der Waals surface area (Å²) in [6.45, 7) is 2.38. The SMILES string of the molecule is O=S(=O)(c1cccc2ccccc12)N1CCC(C2CCCN2)CC1. The van der Waals surface area contributed by atoms with Crippen molar-refractivity contribution in [2.24, 2.45) is 5.92 Å². The highest BCUT2D eigenvalue weighted by molar-refractivity contribution is 7.89. The van der Waals surface area contributed by atoms with Crippen LogP contribution in [-0.2, 0) is 10.0 Å². The number of fused-ring (bicyclic) bond motifs is 1. The summed E-state index contributed by atoms with van der Waals surface area (Å²) in [7, 11) is -3.42. The second kappa shape index (κ2) is 6.47. The fraction of sp³-hybridized carbons (Fsp3) is 0.474. The molecule has 1 unspecified atom stereocenters. The van der Waals surface area contributed by atoms with Crippen LogP contribution in [0.2, 0.25) is 0 Å². The summed E-state index contributed by atoms with van der Waals surface area (Å²) < 4.78 is 28.0. The van der Waals surface area contributed by atoms with E-state index in [9.17, 15) is 8.42 Å². The van der Waals surface area contributed by atoms with Crippen molar-refractivity contribution >= 4 is 20.8 Å². The molecule has 0 radical (unpaired) electrons. The molecule has 0 aromatic heterocycles. The first kappa shape index (κ1) is 16.1. The Hall–Kier alpha value is -1.43. The van der Waals surface area contributed by atoms with E-state index < -0.39 is 10.0 Å². The normalized spacial score (nSPS) is 23.8. The molecule has 2 saturated heterocycles. The molecule has 0 saturated carbocycles. The highest BCUT2D eigenvalue weighted by Gasteiger charge is 2.33. The van der Waals surface area contributed by atoms with Crippen molar-refractivity contribution in [3.05, 3.63) is 42.5 Å². The number of hydrogen-bond acceptors (Lipinski definition) is 3. The van der Waals surface area contributed by atoms with Crippen molar-refractivity contribution < 1.29 is 8.42 Å². The molecule has 2 fully saturated rings. The predicted octanol–water partition coefficient (Wildman–Crippen LogP) is 2.99. The van der Waals surface area contributed by atoms with E-state index in [-0.39, 0.29) is 0 Å². The van der Waals surface area contributed by atoms with Crippen LogP contribution in [0.4, 0.5) is 0 Å². The van der Waals surface area contributed by atoms with Crippen LogP contribution in [0.5, 0.6) is 0 Å². The number of sulfonamides is 1. The number of nitrogens with one attached hydrogen (secondary N) is 1. The Morgan fingerprint density at radius 2 is 1.71 bits per heavy atom. The third-order valence-corrected chi connectivity index (χ3v) is 7.49. The van der Waals surface area contributed by atoms with Gasteiger partial charge in [-0.1, -0.05) is 36.4 Å². The first-order chi connectivity index (χ1) is 11.7.